The number of hydrogen-bond donors (Lipinski definition) is 1. The molecule has 0 aliphatic carbocycles. The number of rotatable bonds is 4. The van der Waals surface area contributed by atoms with E-state index < -0.39 is 11.8 Å². The molecule has 1 N–H and O–H groups in total. The first-order valence-corrected chi connectivity index (χ1v) is 8.26. The highest BCUT2D eigenvalue weighted by atomic mass is 32.2. The topological polar surface area (TPSA) is 54.4 Å². The van der Waals surface area contributed by atoms with Gasteiger partial charge in [-0.25, -0.2) is 9.18 Å². The number of benzene rings is 1. The van der Waals surface area contributed by atoms with Gasteiger partial charge in [-0.1, -0.05) is 18.2 Å². The summed E-state index contributed by atoms with van der Waals surface area (Å²) in [4.78, 5) is 23.4. The predicted octanol–water partition coefficient (Wildman–Crippen LogP) is 3.57. The molecule has 21 heavy (non-hydrogen) atoms. The van der Waals surface area contributed by atoms with Crippen molar-refractivity contribution in [1.29, 1.82) is 0 Å². The highest BCUT2D eigenvalue weighted by Gasteiger charge is 2.23. The first-order valence-electron chi connectivity index (χ1n) is 6.29. The maximum atomic E-state index is 12.8. The number of carbonyl (C=O) groups is 2. The third kappa shape index (κ3) is 4.47. The molecule has 1 saturated heterocycles. The van der Waals surface area contributed by atoms with Gasteiger partial charge in [-0.15, -0.1) is 23.5 Å². The van der Waals surface area contributed by atoms with Crippen LogP contribution in [-0.4, -0.2) is 28.4 Å². The van der Waals surface area contributed by atoms with Crippen molar-refractivity contribution in [1.82, 2.24) is 0 Å². The van der Waals surface area contributed by atoms with E-state index in [0.717, 1.165) is 17.9 Å². The first-order chi connectivity index (χ1) is 10.1. The fourth-order valence-corrected chi connectivity index (χ4v) is 4.33. The summed E-state index contributed by atoms with van der Waals surface area (Å²) in [5.41, 5.74) is 0.464. The molecule has 1 heterocycles. The Kier molecular flexibility index (Phi) is 5.64. The minimum atomic E-state index is -1.21. The number of ketones is 1. The summed E-state index contributed by atoms with van der Waals surface area (Å²) in [7, 11) is 0. The van der Waals surface area contributed by atoms with E-state index in [-0.39, 0.29) is 11.4 Å². The fourth-order valence-electron chi connectivity index (χ4n) is 1.70. The summed E-state index contributed by atoms with van der Waals surface area (Å²) in [6.45, 7) is 0. The lowest BCUT2D eigenvalue weighted by Gasteiger charge is -2.14. The van der Waals surface area contributed by atoms with Crippen molar-refractivity contribution in [2.45, 2.75) is 6.42 Å². The number of aliphatic carboxylic acids is 1. The molecular weight excluding hydrogens is 311 g/mol. The van der Waals surface area contributed by atoms with Gasteiger partial charge >= 0.3 is 5.97 Å². The van der Waals surface area contributed by atoms with Gasteiger partial charge in [0.05, 0.1) is 4.24 Å². The minimum Gasteiger partial charge on any atom is -0.477 e. The molecule has 1 aromatic rings. The molecule has 1 aliphatic rings. The number of hydrogen-bond acceptors (Lipinski definition) is 4. The van der Waals surface area contributed by atoms with Crippen LogP contribution in [0.4, 0.5) is 4.39 Å². The van der Waals surface area contributed by atoms with Crippen LogP contribution in [0.1, 0.15) is 12.0 Å². The Morgan fingerprint density at radius 2 is 1.76 bits per heavy atom. The molecule has 0 amide bonds. The summed E-state index contributed by atoms with van der Waals surface area (Å²) in [5, 5.41) is 9.24. The van der Waals surface area contributed by atoms with Gasteiger partial charge in [0.25, 0.3) is 0 Å². The van der Waals surface area contributed by atoms with Crippen LogP contribution in [-0.2, 0) is 9.59 Å². The summed E-state index contributed by atoms with van der Waals surface area (Å²) in [6.07, 6.45) is 3.72. The molecule has 0 unspecified atom stereocenters. The van der Waals surface area contributed by atoms with E-state index in [0.29, 0.717) is 9.80 Å². The molecular formula is C15H13FO3S2. The van der Waals surface area contributed by atoms with Crippen LogP contribution in [0, 0.1) is 5.82 Å². The highest BCUT2D eigenvalue weighted by molar-refractivity contribution is 8.22. The largest absolute Gasteiger partial charge is 0.477 e. The molecule has 6 heteroatoms. The molecule has 1 aliphatic heterocycles. The molecule has 110 valence electrons. The zero-order valence-corrected chi connectivity index (χ0v) is 12.7. The third-order valence-electron chi connectivity index (χ3n) is 2.72. The number of carboxylic acid groups (broad SMARTS) is 1. The van der Waals surface area contributed by atoms with Crippen molar-refractivity contribution in [3.05, 3.63) is 51.5 Å². The quantitative estimate of drug-likeness (QED) is 0.521. The van der Waals surface area contributed by atoms with Crippen LogP contribution < -0.4 is 0 Å². The molecule has 1 aromatic carbocycles. The zero-order chi connectivity index (χ0) is 15.2. The lowest BCUT2D eigenvalue weighted by atomic mass is 10.1. The van der Waals surface area contributed by atoms with Gasteiger partial charge in [-0.05, 0) is 41.7 Å². The highest BCUT2D eigenvalue weighted by Crippen LogP contribution is 2.37. The van der Waals surface area contributed by atoms with E-state index in [1.807, 2.05) is 0 Å². The summed E-state index contributed by atoms with van der Waals surface area (Å²) >= 11 is 2.82. The number of carbonyl (C=O) groups excluding carboxylic acids is 1. The summed E-state index contributed by atoms with van der Waals surface area (Å²) < 4.78 is 13.4. The first kappa shape index (κ1) is 15.9. The summed E-state index contributed by atoms with van der Waals surface area (Å²) in [5.74, 6) is -0.450. The predicted molar refractivity (Wildman–Crippen MR) is 84.6 cm³/mol. The Labute approximate surface area is 130 Å². The Bertz CT molecular complexity index is 598. The monoisotopic (exact) mass is 324 g/mol. The van der Waals surface area contributed by atoms with Crippen molar-refractivity contribution in [2.75, 3.05) is 11.5 Å². The maximum absolute atomic E-state index is 12.8. The van der Waals surface area contributed by atoms with Crippen molar-refractivity contribution in [2.24, 2.45) is 0 Å². The van der Waals surface area contributed by atoms with E-state index in [1.165, 1.54) is 59.9 Å². The Morgan fingerprint density at radius 3 is 2.33 bits per heavy atom. The Hall–Kier alpha value is -1.53. The van der Waals surface area contributed by atoms with Gasteiger partial charge in [0.15, 0.2) is 5.78 Å². The smallest absolute Gasteiger partial charge is 0.341 e. The van der Waals surface area contributed by atoms with Crippen LogP contribution in [0.2, 0.25) is 0 Å². The molecule has 1 fully saturated rings. The Morgan fingerprint density at radius 1 is 1.14 bits per heavy atom. The van der Waals surface area contributed by atoms with Crippen LogP contribution in [0.25, 0.3) is 6.08 Å². The van der Waals surface area contributed by atoms with Crippen LogP contribution >= 0.6 is 23.5 Å². The average molecular weight is 324 g/mol. The number of carboxylic acids is 1. The maximum Gasteiger partial charge on any atom is 0.341 e. The lowest BCUT2D eigenvalue weighted by Crippen LogP contribution is -2.13. The molecule has 0 atom stereocenters. The van der Waals surface area contributed by atoms with Gasteiger partial charge in [0.1, 0.15) is 11.4 Å². The number of thioether (sulfide) groups is 2. The molecule has 0 bridgehead atoms. The zero-order valence-electron chi connectivity index (χ0n) is 11.0. The molecule has 0 aromatic heterocycles. The minimum absolute atomic E-state index is 0.178. The second-order valence-electron chi connectivity index (χ2n) is 4.27. The van der Waals surface area contributed by atoms with E-state index in [2.05, 4.69) is 0 Å². The van der Waals surface area contributed by atoms with Crippen molar-refractivity contribution < 1.29 is 19.1 Å². The van der Waals surface area contributed by atoms with E-state index in [4.69, 9.17) is 0 Å². The molecule has 0 saturated carbocycles. The van der Waals surface area contributed by atoms with Gasteiger partial charge in [-0.3, -0.25) is 4.79 Å². The summed E-state index contributed by atoms with van der Waals surface area (Å²) in [6, 6.07) is 5.62. The Balaban J connectivity index is 2.19. The van der Waals surface area contributed by atoms with Crippen molar-refractivity contribution in [3.63, 3.8) is 0 Å². The van der Waals surface area contributed by atoms with Gasteiger partial charge < -0.3 is 5.11 Å². The van der Waals surface area contributed by atoms with Crippen LogP contribution in [0.5, 0.6) is 0 Å². The van der Waals surface area contributed by atoms with Gasteiger partial charge in [0, 0.05) is 0 Å². The van der Waals surface area contributed by atoms with Gasteiger partial charge in [-0.2, -0.15) is 0 Å². The van der Waals surface area contributed by atoms with Crippen LogP contribution in [0.15, 0.2) is 40.2 Å². The number of allylic oxidation sites excluding steroid dienone is 1. The standard InChI is InChI=1S/C15H13FO3S2/c16-11-5-2-10(3-6-11)4-7-12(17)13(14(18)19)15-20-8-1-9-21-15/h2-7H,1,8-9H2,(H,18,19)/b7-4+. The van der Waals surface area contributed by atoms with Gasteiger partial charge in [0.2, 0.25) is 0 Å². The lowest BCUT2D eigenvalue weighted by molar-refractivity contribution is -0.134. The second kappa shape index (κ2) is 7.47. The molecule has 2 rings (SSSR count). The average Bonchev–Trinajstić information content (AvgIpc) is 2.47. The SMILES string of the molecule is O=C(O)C(C(=O)/C=C/c1ccc(F)cc1)=C1SCCCS1. The number of halogens is 1. The normalized spacial score (nSPS) is 15.2. The van der Waals surface area contributed by atoms with Crippen molar-refractivity contribution >= 4 is 41.4 Å². The molecule has 0 spiro atoms. The molecule has 0 radical (unpaired) electrons. The van der Waals surface area contributed by atoms with Crippen molar-refractivity contribution in [3.8, 4) is 0 Å². The molecule has 3 nitrogen and oxygen atoms in total. The fraction of sp³-hybridized carbons (Fsp3) is 0.200. The third-order valence-corrected chi connectivity index (χ3v) is 5.34. The van der Waals surface area contributed by atoms with Crippen LogP contribution in [0.3, 0.4) is 0 Å². The van der Waals surface area contributed by atoms with E-state index in [9.17, 15) is 19.1 Å². The second-order valence-corrected chi connectivity index (χ2v) is 6.74. The van der Waals surface area contributed by atoms with E-state index in [1.54, 1.807) is 0 Å². The van der Waals surface area contributed by atoms with E-state index >= 15 is 0 Å².